The van der Waals surface area contributed by atoms with Crippen molar-refractivity contribution in [3.63, 3.8) is 0 Å². The molecule has 19 heavy (non-hydrogen) atoms. The van der Waals surface area contributed by atoms with Crippen molar-refractivity contribution in [3.05, 3.63) is 40.3 Å². The molecule has 0 aliphatic rings. The van der Waals surface area contributed by atoms with Gasteiger partial charge in [-0.15, -0.1) is 0 Å². The third kappa shape index (κ3) is 2.31. The van der Waals surface area contributed by atoms with E-state index in [-0.39, 0.29) is 10.7 Å². The number of rotatable bonds is 3. The van der Waals surface area contributed by atoms with Gasteiger partial charge in [0.25, 0.3) is 0 Å². The van der Waals surface area contributed by atoms with Crippen LogP contribution in [0.4, 0.5) is 0 Å². The highest BCUT2D eigenvalue weighted by Crippen LogP contribution is 2.35. The van der Waals surface area contributed by atoms with Crippen molar-refractivity contribution >= 4 is 17.9 Å². The van der Waals surface area contributed by atoms with Gasteiger partial charge in [-0.05, 0) is 31.0 Å². The summed E-state index contributed by atoms with van der Waals surface area (Å²) in [6, 6.07) is 3.82. The lowest BCUT2D eigenvalue weighted by Crippen LogP contribution is -1.99. The first-order chi connectivity index (χ1) is 9.10. The topological polar surface area (TPSA) is 52.1 Å². The standard InChI is InChI=1S/C14H13ClN2O2/c1-8-4-5-10(13(19-3)9(8)2)12-11(6-18)14(15)17-7-16-12/h4-7H,1-3H3. The van der Waals surface area contributed by atoms with Gasteiger partial charge in [-0.25, -0.2) is 9.97 Å². The van der Waals surface area contributed by atoms with Crippen molar-refractivity contribution in [2.45, 2.75) is 13.8 Å². The first-order valence-corrected chi connectivity index (χ1v) is 6.08. The molecule has 1 aromatic carbocycles. The van der Waals surface area contributed by atoms with Crippen LogP contribution < -0.4 is 4.74 Å². The molecule has 0 amide bonds. The van der Waals surface area contributed by atoms with Gasteiger partial charge in [0.15, 0.2) is 6.29 Å². The molecule has 0 bridgehead atoms. The molecule has 0 spiro atoms. The number of hydrogen-bond acceptors (Lipinski definition) is 4. The number of carbonyl (C=O) groups excluding carboxylic acids is 1. The SMILES string of the molecule is COc1c(-c2ncnc(Cl)c2C=O)ccc(C)c1C. The molecular formula is C14H13ClN2O2. The molecule has 0 aliphatic heterocycles. The van der Waals surface area contributed by atoms with E-state index in [1.54, 1.807) is 7.11 Å². The van der Waals surface area contributed by atoms with E-state index in [0.29, 0.717) is 17.7 Å². The van der Waals surface area contributed by atoms with Crippen LogP contribution in [0.5, 0.6) is 5.75 Å². The van der Waals surface area contributed by atoms with E-state index >= 15 is 0 Å². The number of carbonyl (C=O) groups is 1. The van der Waals surface area contributed by atoms with Crippen molar-refractivity contribution in [2.75, 3.05) is 7.11 Å². The Bertz CT molecular complexity index is 642. The van der Waals surface area contributed by atoms with Crippen LogP contribution in [0.2, 0.25) is 5.15 Å². The van der Waals surface area contributed by atoms with Gasteiger partial charge in [0, 0.05) is 5.56 Å². The molecular weight excluding hydrogens is 264 g/mol. The first-order valence-electron chi connectivity index (χ1n) is 5.70. The first kappa shape index (κ1) is 13.5. The van der Waals surface area contributed by atoms with E-state index in [1.165, 1.54) is 6.33 Å². The highest BCUT2D eigenvalue weighted by atomic mass is 35.5. The summed E-state index contributed by atoms with van der Waals surface area (Å²) < 4.78 is 5.43. The predicted molar refractivity (Wildman–Crippen MR) is 73.9 cm³/mol. The molecule has 0 saturated heterocycles. The Balaban J connectivity index is 2.76. The van der Waals surface area contributed by atoms with Crippen molar-refractivity contribution in [1.82, 2.24) is 9.97 Å². The van der Waals surface area contributed by atoms with Crippen molar-refractivity contribution < 1.29 is 9.53 Å². The summed E-state index contributed by atoms with van der Waals surface area (Å²) in [5, 5.41) is 0.139. The van der Waals surface area contributed by atoms with Crippen molar-refractivity contribution in [3.8, 4) is 17.0 Å². The largest absolute Gasteiger partial charge is 0.496 e. The number of aromatic nitrogens is 2. The van der Waals surface area contributed by atoms with E-state index in [4.69, 9.17) is 16.3 Å². The second kappa shape index (κ2) is 5.36. The summed E-state index contributed by atoms with van der Waals surface area (Å²) in [7, 11) is 1.59. The lowest BCUT2D eigenvalue weighted by molar-refractivity contribution is 0.112. The average Bonchev–Trinajstić information content (AvgIpc) is 2.41. The number of aldehydes is 1. The maximum atomic E-state index is 11.2. The van der Waals surface area contributed by atoms with Crippen LogP contribution in [0.15, 0.2) is 18.5 Å². The average molecular weight is 277 g/mol. The number of benzene rings is 1. The Labute approximate surface area is 116 Å². The molecule has 0 fully saturated rings. The van der Waals surface area contributed by atoms with Crippen LogP contribution in [0.25, 0.3) is 11.3 Å². The highest BCUT2D eigenvalue weighted by Gasteiger charge is 2.17. The van der Waals surface area contributed by atoms with Gasteiger partial charge in [0.2, 0.25) is 0 Å². The molecule has 2 rings (SSSR count). The Morgan fingerprint density at radius 2 is 2.00 bits per heavy atom. The summed E-state index contributed by atoms with van der Waals surface area (Å²) in [6.45, 7) is 3.95. The Hall–Kier alpha value is -1.94. The van der Waals surface area contributed by atoms with Crippen LogP contribution >= 0.6 is 11.6 Å². The lowest BCUT2D eigenvalue weighted by atomic mass is 10.00. The highest BCUT2D eigenvalue weighted by molar-refractivity contribution is 6.32. The van der Waals surface area contributed by atoms with Crippen LogP contribution in [-0.2, 0) is 0 Å². The zero-order chi connectivity index (χ0) is 14.0. The fourth-order valence-electron chi connectivity index (χ4n) is 1.93. The van der Waals surface area contributed by atoms with Crippen LogP contribution in [-0.4, -0.2) is 23.4 Å². The molecule has 1 aromatic heterocycles. The van der Waals surface area contributed by atoms with Gasteiger partial charge in [0.1, 0.15) is 17.2 Å². The Kier molecular flexibility index (Phi) is 3.81. The third-order valence-corrected chi connectivity index (χ3v) is 3.39. The Morgan fingerprint density at radius 3 is 2.63 bits per heavy atom. The normalized spacial score (nSPS) is 10.3. The number of halogens is 1. The summed E-state index contributed by atoms with van der Waals surface area (Å²) in [6.07, 6.45) is 1.99. The molecule has 0 radical (unpaired) electrons. The Morgan fingerprint density at radius 1 is 1.26 bits per heavy atom. The predicted octanol–water partition coefficient (Wildman–Crippen LogP) is 3.23. The van der Waals surface area contributed by atoms with E-state index in [0.717, 1.165) is 16.7 Å². The van der Waals surface area contributed by atoms with Gasteiger partial charge in [0.05, 0.1) is 18.4 Å². The molecule has 0 aliphatic carbocycles. The molecule has 5 heteroatoms. The zero-order valence-corrected chi connectivity index (χ0v) is 11.7. The van der Waals surface area contributed by atoms with Gasteiger partial charge in [-0.1, -0.05) is 17.7 Å². The van der Waals surface area contributed by atoms with Crippen LogP contribution in [0, 0.1) is 13.8 Å². The molecule has 1 heterocycles. The van der Waals surface area contributed by atoms with Crippen molar-refractivity contribution in [1.29, 1.82) is 0 Å². The zero-order valence-electron chi connectivity index (χ0n) is 10.9. The molecule has 2 aromatic rings. The fourth-order valence-corrected chi connectivity index (χ4v) is 2.11. The third-order valence-electron chi connectivity index (χ3n) is 3.09. The molecule has 0 atom stereocenters. The summed E-state index contributed by atoms with van der Waals surface area (Å²) in [4.78, 5) is 19.1. The number of methoxy groups -OCH3 is 1. The number of nitrogens with zero attached hydrogens (tertiary/aromatic N) is 2. The van der Waals surface area contributed by atoms with Gasteiger partial charge < -0.3 is 4.74 Å². The minimum Gasteiger partial charge on any atom is -0.496 e. The maximum absolute atomic E-state index is 11.2. The van der Waals surface area contributed by atoms with Crippen molar-refractivity contribution in [2.24, 2.45) is 0 Å². The van der Waals surface area contributed by atoms with Gasteiger partial charge >= 0.3 is 0 Å². The summed E-state index contributed by atoms with van der Waals surface area (Å²) in [5.74, 6) is 0.692. The van der Waals surface area contributed by atoms with Gasteiger partial charge in [-0.3, -0.25) is 4.79 Å². The molecule has 0 saturated carbocycles. The second-order valence-corrected chi connectivity index (χ2v) is 4.49. The van der Waals surface area contributed by atoms with E-state index in [1.807, 2.05) is 26.0 Å². The monoisotopic (exact) mass is 276 g/mol. The molecule has 4 nitrogen and oxygen atoms in total. The van der Waals surface area contributed by atoms with Crippen LogP contribution in [0.1, 0.15) is 21.5 Å². The van der Waals surface area contributed by atoms with Crippen LogP contribution in [0.3, 0.4) is 0 Å². The van der Waals surface area contributed by atoms with E-state index < -0.39 is 0 Å². The molecule has 0 unspecified atom stereocenters. The van der Waals surface area contributed by atoms with E-state index in [9.17, 15) is 4.79 Å². The minimum atomic E-state index is 0.139. The fraction of sp³-hybridized carbons (Fsp3) is 0.214. The quantitative estimate of drug-likeness (QED) is 0.638. The maximum Gasteiger partial charge on any atom is 0.155 e. The summed E-state index contributed by atoms with van der Waals surface area (Å²) >= 11 is 5.92. The molecule has 0 N–H and O–H groups in total. The minimum absolute atomic E-state index is 0.139. The number of hydrogen-bond donors (Lipinski definition) is 0. The second-order valence-electron chi connectivity index (χ2n) is 4.13. The van der Waals surface area contributed by atoms with Gasteiger partial charge in [-0.2, -0.15) is 0 Å². The lowest BCUT2D eigenvalue weighted by Gasteiger charge is -2.14. The summed E-state index contributed by atoms with van der Waals surface area (Å²) in [5.41, 5.74) is 3.60. The molecule has 98 valence electrons. The number of aryl methyl sites for hydroxylation is 1. The number of ether oxygens (including phenoxy) is 1. The smallest absolute Gasteiger partial charge is 0.155 e. The van der Waals surface area contributed by atoms with E-state index in [2.05, 4.69) is 9.97 Å².